The standard InChI is InChI=1S/C13H20N2O2S/c1-3-4-10-11(12(16)17)18-13(14-10)15-7-5-9(2)6-8-15/h9H,3-8H2,1-2H3,(H,16,17). The average Bonchev–Trinajstić information content (AvgIpc) is 2.75. The summed E-state index contributed by atoms with van der Waals surface area (Å²) in [6.45, 7) is 6.32. The smallest absolute Gasteiger partial charge is 0.347 e. The summed E-state index contributed by atoms with van der Waals surface area (Å²) in [5.74, 6) is -0.0668. The molecule has 1 aliphatic heterocycles. The lowest BCUT2D eigenvalue weighted by atomic mass is 10.00. The van der Waals surface area contributed by atoms with Gasteiger partial charge in [0.25, 0.3) is 0 Å². The van der Waals surface area contributed by atoms with Crippen LogP contribution in [0.15, 0.2) is 0 Å². The lowest BCUT2D eigenvalue weighted by molar-refractivity contribution is 0.0700. The van der Waals surface area contributed by atoms with Gasteiger partial charge >= 0.3 is 5.97 Å². The monoisotopic (exact) mass is 268 g/mol. The van der Waals surface area contributed by atoms with E-state index < -0.39 is 5.97 Å². The van der Waals surface area contributed by atoms with E-state index >= 15 is 0 Å². The number of nitrogens with zero attached hydrogens (tertiary/aromatic N) is 2. The van der Waals surface area contributed by atoms with Crippen LogP contribution in [0, 0.1) is 5.92 Å². The fraction of sp³-hybridized carbons (Fsp3) is 0.692. The first kappa shape index (κ1) is 13.3. The molecule has 18 heavy (non-hydrogen) atoms. The first-order valence-electron chi connectivity index (χ1n) is 6.59. The Balaban J connectivity index is 2.18. The molecular weight excluding hydrogens is 248 g/mol. The number of aryl methyl sites for hydroxylation is 1. The Kier molecular flexibility index (Phi) is 4.22. The maximum atomic E-state index is 11.2. The summed E-state index contributed by atoms with van der Waals surface area (Å²) < 4.78 is 0. The molecule has 1 aromatic rings. The van der Waals surface area contributed by atoms with Gasteiger partial charge in [-0.25, -0.2) is 9.78 Å². The Hall–Kier alpha value is -1.10. The first-order valence-corrected chi connectivity index (χ1v) is 7.41. The molecule has 0 aromatic carbocycles. The second-order valence-corrected chi connectivity index (χ2v) is 5.97. The minimum atomic E-state index is -0.840. The van der Waals surface area contributed by atoms with Crippen molar-refractivity contribution in [2.75, 3.05) is 18.0 Å². The SMILES string of the molecule is CCCc1nc(N2CCC(C)CC2)sc1C(=O)O. The molecule has 4 nitrogen and oxygen atoms in total. The molecule has 0 unspecified atom stereocenters. The summed E-state index contributed by atoms with van der Waals surface area (Å²) in [4.78, 5) is 18.4. The second kappa shape index (κ2) is 5.69. The molecule has 0 saturated carbocycles. The predicted octanol–water partition coefficient (Wildman–Crippen LogP) is 3.03. The minimum absolute atomic E-state index is 0.422. The number of aromatic nitrogens is 1. The summed E-state index contributed by atoms with van der Waals surface area (Å²) in [6, 6.07) is 0. The molecule has 1 aromatic heterocycles. The normalized spacial score (nSPS) is 17.1. The van der Waals surface area contributed by atoms with Crippen LogP contribution in [0.5, 0.6) is 0 Å². The van der Waals surface area contributed by atoms with Gasteiger partial charge < -0.3 is 10.0 Å². The van der Waals surface area contributed by atoms with Crippen molar-refractivity contribution in [2.24, 2.45) is 5.92 Å². The van der Waals surface area contributed by atoms with Crippen LogP contribution in [-0.2, 0) is 6.42 Å². The van der Waals surface area contributed by atoms with Crippen LogP contribution in [0.2, 0.25) is 0 Å². The zero-order chi connectivity index (χ0) is 13.1. The van der Waals surface area contributed by atoms with E-state index in [2.05, 4.69) is 16.8 Å². The summed E-state index contributed by atoms with van der Waals surface area (Å²) in [7, 11) is 0. The molecule has 0 radical (unpaired) electrons. The number of anilines is 1. The molecule has 5 heteroatoms. The van der Waals surface area contributed by atoms with Gasteiger partial charge in [0.1, 0.15) is 4.88 Å². The number of carboxylic acids is 1. The van der Waals surface area contributed by atoms with Crippen LogP contribution in [0.4, 0.5) is 5.13 Å². The van der Waals surface area contributed by atoms with E-state index in [1.165, 1.54) is 24.2 Å². The quantitative estimate of drug-likeness (QED) is 0.912. The van der Waals surface area contributed by atoms with Crippen molar-refractivity contribution in [2.45, 2.75) is 39.5 Å². The predicted molar refractivity (Wildman–Crippen MR) is 73.7 cm³/mol. The van der Waals surface area contributed by atoms with E-state index in [9.17, 15) is 9.90 Å². The number of aromatic carboxylic acids is 1. The van der Waals surface area contributed by atoms with Gasteiger partial charge in [-0.15, -0.1) is 0 Å². The van der Waals surface area contributed by atoms with E-state index in [1.807, 2.05) is 6.92 Å². The van der Waals surface area contributed by atoms with Crippen LogP contribution >= 0.6 is 11.3 Å². The van der Waals surface area contributed by atoms with Gasteiger partial charge in [-0.2, -0.15) is 0 Å². The highest BCUT2D eigenvalue weighted by Crippen LogP contribution is 2.30. The van der Waals surface area contributed by atoms with Gasteiger partial charge in [0.2, 0.25) is 0 Å². The molecule has 0 bridgehead atoms. The lowest BCUT2D eigenvalue weighted by Crippen LogP contribution is -2.32. The highest BCUT2D eigenvalue weighted by molar-refractivity contribution is 7.17. The van der Waals surface area contributed by atoms with Gasteiger partial charge in [-0.1, -0.05) is 31.6 Å². The highest BCUT2D eigenvalue weighted by atomic mass is 32.1. The summed E-state index contributed by atoms with van der Waals surface area (Å²) in [5.41, 5.74) is 0.753. The third-order valence-corrected chi connectivity index (χ3v) is 4.57. The van der Waals surface area contributed by atoms with Crippen molar-refractivity contribution in [1.82, 2.24) is 4.98 Å². The van der Waals surface area contributed by atoms with Crippen LogP contribution in [0.1, 0.15) is 48.5 Å². The van der Waals surface area contributed by atoms with Gasteiger partial charge in [0.05, 0.1) is 5.69 Å². The molecule has 1 fully saturated rings. The minimum Gasteiger partial charge on any atom is -0.477 e. The summed E-state index contributed by atoms with van der Waals surface area (Å²) >= 11 is 1.33. The molecule has 2 heterocycles. The molecule has 0 spiro atoms. The van der Waals surface area contributed by atoms with E-state index in [0.29, 0.717) is 4.88 Å². The molecule has 1 saturated heterocycles. The number of thiazole rings is 1. The van der Waals surface area contributed by atoms with Gasteiger partial charge in [0, 0.05) is 13.1 Å². The topological polar surface area (TPSA) is 53.4 Å². The molecule has 0 atom stereocenters. The van der Waals surface area contributed by atoms with Gasteiger partial charge in [0.15, 0.2) is 5.13 Å². The maximum Gasteiger partial charge on any atom is 0.347 e. The summed E-state index contributed by atoms with van der Waals surface area (Å²) in [6.07, 6.45) is 4.03. The second-order valence-electron chi connectivity index (χ2n) is 5.00. The van der Waals surface area contributed by atoms with Crippen LogP contribution < -0.4 is 4.90 Å². The van der Waals surface area contributed by atoms with Crippen molar-refractivity contribution in [3.05, 3.63) is 10.6 Å². The Bertz CT molecular complexity index is 423. The molecular formula is C13H20N2O2S. The third-order valence-electron chi connectivity index (χ3n) is 3.42. The number of hydrogen-bond donors (Lipinski definition) is 1. The largest absolute Gasteiger partial charge is 0.477 e. The Morgan fingerprint density at radius 1 is 1.50 bits per heavy atom. The zero-order valence-corrected chi connectivity index (χ0v) is 11.8. The highest BCUT2D eigenvalue weighted by Gasteiger charge is 2.22. The van der Waals surface area contributed by atoms with Crippen molar-refractivity contribution in [3.8, 4) is 0 Å². The van der Waals surface area contributed by atoms with E-state index in [1.54, 1.807) is 0 Å². The van der Waals surface area contributed by atoms with E-state index in [4.69, 9.17) is 0 Å². The van der Waals surface area contributed by atoms with Gasteiger partial charge in [-0.3, -0.25) is 0 Å². The number of carboxylic acid groups (broad SMARTS) is 1. The molecule has 1 aliphatic rings. The van der Waals surface area contributed by atoms with Crippen molar-refractivity contribution in [1.29, 1.82) is 0 Å². The first-order chi connectivity index (χ1) is 8.61. The van der Waals surface area contributed by atoms with E-state index in [0.717, 1.165) is 42.7 Å². The van der Waals surface area contributed by atoms with Crippen LogP contribution in [0.3, 0.4) is 0 Å². The van der Waals surface area contributed by atoms with E-state index in [-0.39, 0.29) is 0 Å². The molecule has 0 amide bonds. The Morgan fingerprint density at radius 2 is 2.17 bits per heavy atom. The maximum absolute atomic E-state index is 11.2. The zero-order valence-electron chi connectivity index (χ0n) is 11.0. The average molecular weight is 268 g/mol. The van der Waals surface area contributed by atoms with Gasteiger partial charge in [-0.05, 0) is 25.2 Å². The third kappa shape index (κ3) is 2.83. The van der Waals surface area contributed by atoms with Crippen LogP contribution in [-0.4, -0.2) is 29.1 Å². The summed E-state index contributed by atoms with van der Waals surface area (Å²) in [5, 5.41) is 10.1. The molecule has 1 N–H and O–H groups in total. The molecule has 100 valence electrons. The van der Waals surface area contributed by atoms with Crippen molar-refractivity contribution < 1.29 is 9.90 Å². The molecule has 0 aliphatic carbocycles. The Labute approximate surface area is 112 Å². The lowest BCUT2D eigenvalue weighted by Gasteiger charge is -2.29. The molecule has 2 rings (SSSR count). The fourth-order valence-electron chi connectivity index (χ4n) is 2.25. The number of carbonyl (C=O) groups is 1. The van der Waals surface area contributed by atoms with Crippen molar-refractivity contribution >= 4 is 22.4 Å². The fourth-order valence-corrected chi connectivity index (χ4v) is 3.25. The number of hydrogen-bond acceptors (Lipinski definition) is 4. The van der Waals surface area contributed by atoms with Crippen molar-refractivity contribution in [3.63, 3.8) is 0 Å². The van der Waals surface area contributed by atoms with Crippen LogP contribution in [0.25, 0.3) is 0 Å². The Morgan fingerprint density at radius 3 is 2.72 bits per heavy atom. The number of rotatable bonds is 4. The number of piperidine rings is 1.